The SMILES string of the molecule is COC(=O)C1=C(C)NC(C)C(CCOC(=O)CC(c2ccc(Cc3ncc[nH]3)cc2)n2ccnc2)(C(=O)O)C1c1ccccc1C(F)(F)F. The number of alkyl halides is 3. The smallest absolute Gasteiger partial charge is 0.416 e. The molecule has 0 spiro atoms. The van der Waals surface area contributed by atoms with Gasteiger partial charge in [0.25, 0.3) is 0 Å². The third kappa shape index (κ3) is 7.22. The van der Waals surface area contributed by atoms with Crippen LogP contribution in [-0.2, 0) is 36.5 Å². The molecule has 1 aliphatic heterocycles. The van der Waals surface area contributed by atoms with E-state index in [4.69, 9.17) is 9.47 Å². The van der Waals surface area contributed by atoms with Gasteiger partial charge in [0.05, 0.1) is 43.6 Å². The lowest BCUT2D eigenvalue weighted by Crippen LogP contribution is -2.57. The number of benzene rings is 2. The molecule has 2 aromatic heterocycles. The third-order valence-corrected chi connectivity index (χ3v) is 9.11. The lowest BCUT2D eigenvalue weighted by atomic mass is 9.60. The Hall–Kier alpha value is -5.40. The van der Waals surface area contributed by atoms with Gasteiger partial charge in [-0.05, 0) is 36.6 Å². The van der Waals surface area contributed by atoms with Crippen molar-refractivity contribution in [3.8, 4) is 0 Å². The molecule has 0 aliphatic carbocycles. The minimum atomic E-state index is -4.85. The Labute approximate surface area is 280 Å². The molecule has 0 saturated heterocycles. The van der Waals surface area contributed by atoms with Gasteiger partial charge in [-0.25, -0.2) is 14.8 Å². The summed E-state index contributed by atoms with van der Waals surface area (Å²) < 4.78 is 55.3. The molecule has 0 amide bonds. The molecule has 0 fully saturated rings. The zero-order chi connectivity index (χ0) is 35.3. The number of rotatable bonds is 12. The highest BCUT2D eigenvalue weighted by molar-refractivity contribution is 5.94. The quantitative estimate of drug-likeness (QED) is 0.167. The van der Waals surface area contributed by atoms with E-state index in [-0.39, 0.29) is 17.7 Å². The number of halogens is 3. The van der Waals surface area contributed by atoms with E-state index >= 15 is 0 Å². The number of carbonyl (C=O) groups is 3. The third-order valence-electron chi connectivity index (χ3n) is 9.11. The number of carboxylic acids is 1. The number of nitrogens with zero attached hydrogens (tertiary/aromatic N) is 3. The first-order valence-electron chi connectivity index (χ1n) is 15.5. The van der Waals surface area contributed by atoms with Gasteiger partial charge in [0.1, 0.15) is 11.2 Å². The van der Waals surface area contributed by atoms with E-state index in [1.54, 1.807) is 35.7 Å². The van der Waals surface area contributed by atoms with E-state index in [1.165, 1.54) is 32.0 Å². The molecule has 258 valence electrons. The van der Waals surface area contributed by atoms with Crippen LogP contribution in [0.15, 0.2) is 90.9 Å². The fraction of sp³-hybridized carbons (Fsp3) is 0.343. The van der Waals surface area contributed by atoms with E-state index in [0.29, 0.717) is 6.42 Å². The van der Waals surface area contributed by atoms with E-state index in [1.807, 2.05) is 24.3 Å². The summed E-state index contributed by atoms with van der Waals surface area (Å²) >= 11 is 0. The van der Waals surface area contributed by atoms with Crippen molar-refractivity contribution in [2.45, 2.75) is 57.3 Å². The summed E-state index contributed by atoms with van der Waals surface area (Å²) in [6, 6.07) is 10.7. The van der Waals surface area contributed by atoms with Crippen LogP contribution >= 0.6 is 0 Å². The van der Waals surface area contributed by atoms with Crippen molar-refractivity contribution in [1.29, 1.82) is 0 Å². The molecule has 4 unspecified atom stereocenters. The zero-order valence-electron chi connectivity index (χ0n) is 27.0. The molecule has 11 nitrogen and oxygen atoms in total. The number of nitrogens with one attached hydrogen (secondary N) is 2. The van der Waals surface area contributed by atoms with Crippen LogP contribution in [0.4, 0.5) is 13.2 Å². The molecule has 0 bridgehead atoms. The lowest BCUT2D eigenvalue weighted by Gasteiger charge is -2.47. The summed E-state index contributed by atoms with van der Waals surface area (Å²) in [5.74, 6) is -3.89. The second-order valence-corrected chi connectivity index (χ2v) is 11.9. The number of aliphatic carboxylic acids is 1. The number of carbonyl (C=O) groups excluding carboxylic acids is 2. The van der Waals surface area contributed by atoms with Crippen molar-refractivity contribution in [3.05, 3.63) is 119 Å². The summed E-state index contributed by atoms with van der Waals surface area (Å²) in [4.78, 5) is 51.1. The number of ether oxygens (including phenoxy) is 2. The second kappa shape index (κ2) is 14.4. The molecule has 5 rings (SSSR count). The van der Waals surface area contributed by atoms with Gasteiger partial charge in [-0.3, -0.25) is 9.59 Å². The first kappa shape index (κ1) is 34.9. The fourth-order valence-corrected chi connectivity index (χ4v) is 6.70. The van der Waals surface area contributed by atoms with Gasteiger partial charge >= 0.3 is 24.1 Å². The summed E-state index contributed by atoms with van der Waals surface area (Å²) in [7, 11) is 1.07. The predicted octanol–water partition coefficient (Wildman–Crippen LogP) is 5.42. The minimum absolute atomic E-state index is 0.144. The van der Waals surface area contributed by atoms with Crippen molar-refractivity contribution in [3.63, 3.8) is 0 Å². The Bertz CT molecular complexity index is 1810. The molecule has 0 saturated carbocycles. The van der Waals surface area contributed by atoms with Gasteiger partial charge in [0, 0.05) is 55.3 Å². The van der Waals surface area contributed by atoms with Crippen molar-refractivity contribution in [2.24, 2.45) is 5.41 Å². The standard InChI is InChI=1S/C35H36F3N5O6/c1-21-30(32(45)48-3)31(25-6-4-5-7-26(25)35(36,37)38)34(33(46)47,22(2)42-21)12-17-49-29(44)19-27(43-16-15-39-20-43)24-10-8-23(9-11-24)18-28-40-13-14-41-28/h4-11,13-16,20,22,27,31,42H,12,17-19H2,1-3H3,(H,40,41)(H,46,47). The maximum atomic E-state index is 14.3. The van der Waals surface area contributed by atoms with Gasteiger partial charge in [0.2, 0.25) is 0 Å². The van der Waals surface area contributed by atoms with E-state index in [9.17, 15) is 32.7 Å². The molecule has 2 aromatic carbocycles. The van der Waals surface area contributed by atoms with Crippen LogP contribution in [0.25, 0.3) is 0 Å². The Morgan fingerprint density at radius 2 is 1.84 bits per heavy atom. The monoisotopic (exact) mass is 679 g/mol. The summed E-state index contributed by atoms with van der Waals surface area (Å²) in [6.07, 6.45) is 3.44. The van der Waals surface area contributed by atoms with Gasteiger partial charge in [-0.15, -0.1) is 0 Å². The maximum absolute atomic E-state index is 14.3. The normalized spacial score (nSPS) is 20.0. The molecule has 4 atom stereocenters. The van der Waals surface area contributed by atoms with Gasteiger partial charge < -0.3 is 29.4 Å². The second-order valence-electron chi connectivity index (χ2n) is 11.9. The zero-order valence-corrected chi connectivity index (χ0v) is 27.0. The molecule has 1 aliphatic rings. The summed E-state index contributed by atoms with van der Waals surface area (Å²) in [5.41, 5.74) is -1.81. The number of carboxylic acid groups (broad SMARTS) is 1. The number of aromatic amines is 1. The summed E-state index contributed by atoms with van der Waals surface area (Å²) in [6.45, 7) is 2.55. The van der Waals surface area contributed by atoms with Crippen molar-refractivity contribution < 1.29 is 42.1 Å². The van der Waals surface area contributed by atoms with Gasteiger partial charge in [0.15, 0.2) is 0 Å². The number of aromatic nitrogens is 4. The number of imidazole rings is 2. The molecular formula is C35H36F3N5O6. The first-order valence-corrected chi connectivity index (χ1v) is 15.5. The molecule has 0 radical (unpaired) electrons. The van der Waals surface area contributed by atoms with E-state index in [0.717, 1.165) is 30.1 Å². The number of hydrogen-bond donors (Lipinski definition) is 3. The Morgan fingerprint density at radius 1 is 1.10 bits per heavy atom. The van der Waals surface area contributed by atoms with Crippen LogP contribution in [0.1, 0.15) is 66.7 Å². The number of methoxy groups -OCH3 is 1. The molecular weight excluding hydrogens is 643 g/mol. The molecule has 3 N–H and O–H groups in total. The molecule has 4 aromatic rings. The lowest BCUT2D eigenvalue weighted by molar-refractivity contribution is -0.158. The Morgan fingerprint density at radius 3 is 2.45 bits per heavy atom. The Kier molecular flexibility index (Phi) is 10.2. The van der Waals surface area contributed by atoms with Crippen LogP contribution in [0.3, 0.4) is 0 Å². The van der Waals surface area contributed by atoms with Crippen LogP contribution in [0.5, 0.6) is 0 Å². The number of hydrogen-bond acceptors (Lipinski definition) is 8. The van der Waals surface area contributed by atoms with E-state index in [2.05, 4.69) is 20.3 Å². The largest absolute Gasteiger partial charge is 0.481 e. The van der Waals surface area contributed by atoms with Crippen LogP contribution in [0.2, 0.25) is 0 Å². The van der Waals surface area contributed by atoms with E-state index < -0.39 is 71.7 Å². The number of H-pyrrole nitrogens is 1. The van der Waals surface area contributed by atoms with Crippen LogP contribution < -0.4 is 5.32 Å². The average molecular weight is 680 g/mol. The highest BCUT2D eigenvalue weighted by atomic mass is 19.4. The predicted molar refractivity (Wildman–Crippen MR) is 170 cm³/mol. The first-order chi connectivity index (χ1) is 23.4. The average Bonchev–Trinajstić information content (AvgIpc) is 3.79. The number of esters is 2. The van der Waals surface area contributed by atoms with Crippen molar-refractivity contribution in [2.75, 3.05) is 13.7 Å². The molecule has 14 heteroatoms. The molecule has 3 heterocycles. The van der Waals surface area contributed by atoms with Crippen LogP contribution in [0, 0.1) is 5.41 Å². The minimum Gasteiger partial charge on any atom is -0.481 e. The van der Waals surface area contributed by atoms with Crippen LogP contribution in [-0.4, -0.2) is 62.3 Å². The number of allylic oxidation sites excluding steroid dienone is 1. The van der Waals surface area contributed by atoms with Gasteiger partial charge in [-0.2, -0.15) is 13.2 Å². The molecule has 49 heavy (non-hydrogen) atoms. The van der Waals surface area contributed by atoms with Crippen molar-refractivity contribution >= 4 is 17.9 Å². The topological polar surface area (TPSA) is 148 Å². The highest BCUT2D eigenvalue weighted by Crippen LogP contribution is 2.53. The van der Waals surface area contributed by atoms with Gasteiger partial charge in [-0.1, -0.05) is 42.5 Å². The van der Waals surface area contributed by atoms with Crippen molar-refractivity contribution in [1.82, 2.24) is 24.8 Å². The fourth-order valence-electron chi connectivity index (χ4n) is 6.70. The highest BCUT2D eigenvalue weighted by Gasteiger charge is 2.58. The maximum Gasteiger partial charge on any atom is 0.416 e. The Balaban J connectivity index is 1.41. The summed E-state index contributed by atoms with van der Waals surface area (Å²) in [5, 5.41) is 13.7.